The molecule has 6 rings (SSSR count). The lowest BCUT2D eigenvalue weighted by atomic mass is 10.1. The Labute approximate surface area is 248 Å². The number of aliphatic imine (C=N–C) groups is 1. The number of piperidine rings is 1. The number of fused-ring (bicyclic) bond motifs is 1. The van der Waals surface area contributed by atoms with Gasteiger partial charge in [0.15, 0.2) is 0 Å². The van der Waals surface area contributed by atoms with Crippen molar-refractivity contribution in [2.45, 2.75) is 70.9 Å². The van der Waals surface area contributed by atoms with Crippen molar-refractivity contribution in [1.82, 2.24) is 19.0 Å². The van der Waals surface area contributed by atoms with E-state index < -0.39 is 5.82 Å². The molecule has 0 atom stereocenters. The molecule has 1 saturated heterocycles. The SMILES string of the molecule is CCCn1c(=O)c2c(n(C3CC3)c1=O)N=C(c1ccc(N(CCCN3CCCCC3=O)C(=O)c3ccc(F)cc3)nc1)C2. The molecule has 1 saturated carbocycles. The number of hydrogen-bond acceptors (Lipinski definition) is 6. The van der Waals surface area contributed by atoms with E-state index in [4.69, 9.17) is 4.99 Å². The van der Waals surface area contributed by atoms with E-state index in [2.05, 4.69) is 4.98 Å². The van der Waals surface area contributed by atoms with Gasteiger partial charge in [0.2, 0.25) is 5.91 Å². The summed E-state index contributed by atoms with van der Waals surface area (Å²) in [4.78, 5) is 64.9. The van der Waals surface area contributed by atoms with Crippen molar-refractivity contribution < 1.29 is 14.0 Å². The van der Waals surface area contributed by atoms with Gasteiger partial charge in [0.1, 0.15) is 17.5 Å². The van der Waals surface area contributed by atoms with Crippen LogP contribution in [0.4, 0.5) is 16.0 Å². The van der Waals surface area contributed by atoms with Crippen LogP contribution in [0.5, 0.6) is 0 Å². The molecule has 10 nitrogen and oxygen atoms in total. The van der Waals surface area contributed by atoms with Crippen LogP contribution in [0.25, 0.3) is 0 Å². The van der Waals surface area contributed by atoms with Crippen LogP contribution in [0.15, 0.2) is 57.2 Å². The Bertz CT molecular complexity index is 1690. The molecule has 0 unspecified atom stereocenters. The predicted octanol–water partition coefficient (Wildman–Crippen LogP) is 4.02. The molecule has 2 fully saturated rings. The zero-order valence-electron chi connectivity index (χ0n) is 24.3. The predicted molar refractivity (Wildman–Crippen MR) is 161 cm³/mol. The quantitative estimate of drug-likeness (QED) is 0.357. The summed E-state index contributed by atoms with van der Waals surface area (Å²) in [5.41, 5.74) is 1.62. The van der Waals surface area contributed by atoms with Crippen LogP contribution in [0.3, 0.4) is 0 Å². The molecule has 2 aliphatic heterocycles. The van der Waals surface area contributed by atoms with Crippen LogP contribution < -0.4 is 16.1 Å². The second-order valence-corrected chi connectivity index (χ2v) is 11.4. The fourth-order valence-electron chi connectivity index (χ4n) is 5.87. The van der Waals surface area contributed by atoms with Gasteiger partial charge in [-0.15, -0.1) is 0 Å². The normalized spacial score (nSPS) is 16.3. The van der Waals surface area contributed by atoms with Gasteiger partial charge < -0.3 is 4.90 Å². The van der Waals surface area contributed by atoms with Gasteiger partial charge in [-0.05, 0) is 74.9 Å². The first kappa shape index (κ1) is 28.7. The average molecular weight is 587 g/mol. The molecule has 2 aromatic heterocycles. The lowest BCUT2D eigenvalue weighted by molar-refractivity contribution is -0.133. The third-order valence-corrected chi connectivity index (χ3v) is 8.31. The second-order valence-electron chi connectivity index (χ2n) is 11.4. The number of benzene rings is 1. The maximum absolute atomic E-state index is 13.6. The number of carbonyl (C=O) groups is 2. The molecule has 43 heavy (non-hydrogen) atoms. The monoisotopic (exact) mass is 586 g/mol. The highest BCUT2D eigenvalue weighted by molar-refractivity contribution is 6.07. The number of carbonyl (C=O) groups excluding carboxylic acids is 2. The number of pyridine rings is 1. The zero-order chi connectivity index (χ0) is 30.1. The highest BCUT2D eigenvalue weighted by Crippen LogP contribution is 2.39. The first-order chi connectivity index (χ1) is 20.9. The van der Waals surface area contributed by atoms with E-state index >= 15 is 0 Å². The smallest absolute Gasteiger partial charge is 0.332 e. The Kier molecular flexibility index (Phi) is 8.05. The molecule has 3 aromatic rings. The van der Waals surface area contributed by atoms with Gasteiger partial charge in [-0.3, -0.25) is 28.4 Å². The standard InChI is InChI=1S/C32H35FN6O4/c1-2-15-38-31(42)25-19-26(35-29(25)39(32(38)43)24-12-13-24)22-9-14-27(34-20-22)37(30(41)21-7-10-23(33)11-8-21)18-5-17-36-16-4-3-6-28(36)40/h7-11,14,20,24H,2-6,12-13,15-19H2,1H3. The van der Waals surface area contributed by atoms with Crippen LogP contribution in [0, 0.1) is 5.82 Å². The molecule has 11 heteroatoms. The summed E-state index contributed by atoms with van der Waals surface area (Å²) in [5, 5.41) is 0. The minimum atomic E-state index is -0.430. The number of anilines is 1. The minimum absolute atomic E-state index is 0.0693. The van der Waals surface area contributed by atoms with Crippen molar-refractivity contribution in [3.05, 3.63) is 85.9 Å². The Morgan fingerprint density at radius 3 is 2.51 bits per heavy atom. The van der Waals surface area contributed by atoms with Crippen LogP contribution in [0.2, 0.25) is 0 Å². The molecule has 1 aromatic carbocycles. The van der Waals surface area contributed by atoms with Crippen LogP contribution >= 0.6 is 0 Å². The molecule has 2 amide bonds. The lowest BCUT2D eigenvalue weighted by Gasteiger charge is -2.28. The second kappa shape index (κ2) is 12.1. The summed E-state index contributed by atoms with van der Waals surface area (Å²) < 4.78 is 16.6. The molecular formula is C32H35FN6O4. The summed E-state index contributed by atoms with van der Waals surface area (Å²) in [6.45, 7) is 3.89. The first-order valence-electron chi connectivity index (χ1n) is 15.1. The Hall–Kier alpha value is -4.41. The molecule has 0 N–H and O–H groups in total. The van der Waals surface area contributed by atoms with Gasteiger partial charge in [-0.25, -0.2) is 19.2 Å². The average Bonchev–Trinajstić information content (AvgIpc) is 3.75. The van der Waals surface area contributed by atoms with Crippen molar-refractivity contribution in [3.63, 3.8) is 0 Å². The Morgan fingerprint density at radius 1 is 1.05 bits per heavy atom. The van der Waals surface area contributed by atoms with Crippen LogP contribution in [0.1, 0.15) is 79.4 Å². The zero-order valence-corrected chi connectivity index (χ0v) is 24.3. The van der Waals surface area contributed by atoms with Gasteiger partial charge in [0, 0.05) is 62.4 Å². The molecule has 0 spiro atoms. The van der Waals surface area contributed by atoms with Crippen molar-refractivity contribution in [3.8, 4) is 0 Å². The van der Waals surface area contributed by atoms with E-state index in [1.54, 1.807) is 21.7 Å². The fourth-order valence-corrected chi connectivity index (χ4v) is 5.87. The molecule has 4 heterocycles. The van der Waals surface area contributed by atoms with Crippen molar-refractivity contribution in [1.29, 1.82) is 0 Å². The summed E-state index contributed by atoms with van der Waals surface area (Å²) >= 11 is 0. The summed E-state index contributed by atoms with van der Waals surface area (Å²) in [5.74, 6) is 0.252. The molecule has 1 aliphatic carbocycles. The largest absolute Gasteiger partial charge is 0.343 e. The van der Waals surface area contributed by atoms with Gasteiger partial charge in [-0.2, -0.15) is 0 Å². The van der Waals surface area contributed by atoms with Gasteiger partial charge in [0.05, 0.1) is 11.3 Å². The van der Waals surface area contributed by atoms with Gasteiger partial charge in [0.25, 0.3) is 11.5 Å². The topological polar surface area (TPSA) is 110 Å². The highest BCUT2D eigenvalue weighted by atomic mass is 19.1. The van der Waals surface area contributed by atoms with E-state index in [0.29, 0.717) is 79.4 Å². The van der Waals surface area contributed by atoms with Gasteiger partial charge in [-0.1, -0.05) is 6.92 Å². The number of nitrogens with zero attached hydrogens (tertiary/aromatic N) is 6. The number of amides is 2. The van der Waals surface area contributed by atoms with E-state index in [1.165, 1.54) is 28.8 Å². The van der Waals surface area contributed by atoms with E-state index in [1.807, 2.05) is 17.9 Å². The maximum atomic E-state index is 13.6. The third-order valence-electron chi connectivity index (χ3n) is 8.31. The van der Waals surface area contributed by atoms with Crippen molar-refractivity contribution >= 4 is 29.2 Å². The summed E-state index contributed by atoms with van der Waals surface area (Å²) in [6.07, 6.45) is 7.39. The molecule has 224 valence electrons. The molecular weight excluding hydrogens is 551 g/mol. The Morgan fingerprint density at radius 2 is 1.84 bits per heavy atom. The van der Waals surface area contributed by atoms with E-state index in [-0.39, 0.29) is 29.1 Å². The van der Waals surface area contributed by atoms with E-state index in [0.717, 1.165) is 32.2 Å². The maximum Gasteiger partial charge on any atom is 0.332 e. The number of aromatic nitrogens is 3. The van der Waals surface area contributed by atoms with Crippen LogP contribution in [-0.2, 0) is 17.8 Å². The molecule has 3 aliphatic rings. The number of rotatable bonds is 10. The fraction of sp³-hybridized carbons (Fsp3) is 0.438. The Balaban J connectivity index is 1.26. The van der Waals surface area contributed by atoms with Crippen LogP contribution in [-0.4, -0.2) is 56.2 Å². The molecule has 0 radical (unpaired) electrons. The number of likely N-dealkylation sites (tertiary alicyclic amines) is 1. The number of hydrogen-bond donors (Lipinski definition) is 0. The first-order valence-corrected chi connectivity index (χ1v) is 15.1. The highest BCUT2D eigenvalue weighted by Gasteiger charge is 2.33. The third kappa shape index (κ3) is 5.80. The van der Waals surface area contributed by atoms with E-state index in [9.17, 15) is 23.6 Å². The lowest BCUT2D eigenvalue weighted by Crippen LogP contribution is -2.41. The van der Waals surface area contributed by atoms with Crippen molar-refractivity contribution in [2.75, 3.05) is 24.5 Å². The summed E-state index contributed by atoms with van der Waals surface area (Å²) in [7, 11) is 0. The summed E-state index contributed by atoms with van der Waals surface area (Å²) in [6, 6.07) is 9.01. The van der Waals surface area contributed by atoms with Gasteiger partial charge >= 0.3 is 5.69 Å². The molecule has 0 bridgehead atoms. The number of halogens is 1. The van der Waals surface area contributed by atoms with Crippen molar-refractivity contribution in [2.24, 2.45) is 4.99 Å². The minimum Gasteiger partial charge on any atom is -0.343 e.